The van der Waals surface area contributed by atoms with Crippen molar-refractivity contribution in [2.24, 2.45) is 15.5 Å². The smallest absolute Gasteiger partial charge is 0.238 e. The lowest BCUT2D eigenvalue weighted by atomic mass is 9.67. The molecule has 7 nitrogen and oxygen atoms in total. The van der Waals surface area contributed by atoms with E-state index in [0.717, 1.165) is 37.6 Å². The lowest BCUT2D eigenvalue weighted by Gasteiger charge is -2.42. The van der Waals surface area contributed by atoms with Crippen molar-refractivity contribution in [2.75, 3.05) is 26.8 Å². The van der Waals surface area contributed by atoms with Crippen LogP contribution in [0.15, 0.2) is 34.2 Å². The van der Waals surface area contributed by atoms with Gasteiger partial charge in [0, 0.05) is 26.8 Å². The summed E-state index contributed by atoms with van der Waals surface area (Å²) < 4.78 is 28.2. The van der Waals surface area contributed by atoms with E-state index >= 15 is 0 Å². The average Bonchev–Trinajstić information content (AvgIpc) is 2.58. The van der Waals surface area contributed by atoms with Crippen LogP contribution in [-0.2, 0) is 21.3 Å². The minimum atomic E-state index is -3.70. The van der Waals surface area contributed by atoms with Crippen LogP contribution < -0.4 is 15.8 Å². The van der Waals surface area contributed by atoms with E-state index in [1.54, 1.807) is 19.2 Å². The van der Waals surface area contributed by atoms with Gasteiger partial charge in [0.2, 0.25) is 10.0 Å². The van der Waals surface area contributed by atoms with E-state index < -0.39 is 10.0 Å². The number of aliphatic imine (C=N–C) groups is 1. The lowest BCUT2D eigenvalue weighted by Crippen LogP contribution is -2.46. The van der Waals surface area contributed by atoms with E-state index in [4.69, 9.17) is 9.88 Å². The normalized spacial score (nSPS) is 16.2. The van der Waals surface area contributed by atoms with Crippen LogP contribution in [0.3, 0.4) is 0 Å². The Morgan fingerprint density at radius 2 is 2.07 bits per heavy atom. The number of hydrogen-bond acceptors (Lipinski definition) is 4. The Balaban J connectivity index is 0.00000364. The summed E-state index contributed by atoms with van der Waals surface area (Å²) in [6.07, 6.45) is 4.73. The molecule has 0 saturated heterocycles. The van der Waals surface area contributed by atoms with Crippen molar-refractivity contribution in [3.63, 3.8) is 0 Å². The standard InChI is InChI=1S/C18H30N4O3S.HI/c1-3-20-17(22-14-18(8-5-9-18)10-11-25-2)21-13-15-6-4-7-16(12-15)26(19,23)24;/h4,6-7,12H,3,5,8-11,13-14H2,1-2H3,(H2,19,23,24)(H2,20,21,22);1H. The zero-order valence-electron chi connectivity index (χ0n) is 16.0. The third-order valence-corrected chi connectivity index (χ3v) is 5.78. The van der Waals surface area contributed by atoms with Gasteiger partial charge in [-0.15, -0.1) is 24.0 Å². The quantitative estimate of drug-likeness (QED) is 0.269. The molecule has 1 aromatic carbocycles. The van der Waals surface area contributed by atoms with E-state index in [2.05, 4.69) is 15.6 Å². The van der Waals surface area contributed by atoms with Crippen LogP contribution in [0.4, 0.5) is 0 Å². The number of guanidine groups is 1. The molecule has 0 aromatic heterocycles. The van der Waals surface area contributed by atoms with Crippen LogP contribution in [0.5, 0.6) is 0 Å². The van der Waals surface area contributed by atoms with E-state index in [0.29, 0.717) is 12.0 Å². The first kappa shape index (κ1) is 24.1. The second kappa shape index (κ2) is 11.2. The molecule has 0 atom stereocenters. The molecular formula is C18H31IN4O3S. The summed E-state index contributed by atoms with van der Waals surface area (Å²) in [6, 6.07) is 6.57. The van der Waals surface area contributed by atoms with Gasteiger partial charge in [0.25, 0.3) is 0 Å². The van der Waals surface area contributed by atoms with Crippen molar-refractivity contribution in [1.29, 1.82) is 0 Å². The van der Waals surface area contributed by atoms with Crippen LogP contribution >= 0.6 is 24.0 Å². The predicted molar refractivity (Wildman–Crippen MR) is 119 cm³/mol. The maximum Gasteiger partial charge on any atom is 0.238 e. The molecule has 0 bridgehead atoms. The number of nitrogens with one attached hydrogen (secondary N) is 2. The van der Waals surface area contributed by atoms with Gasteiger partial charge in [-0.3, -0.25) is 0 Å². The number of nitrogens with zero attached hydrogens (tertiary/aromatic N) is 1. The Kier molecular flexibility index (Phi) is 9.99. The largest absolute Gasteiger partial charge is 0.385 e. The van der Waals surface area contributed by atoms with Crippen LogP contribution in [0.25, 0.3) is 0 Å². The van der Waals surface area contributed by atoms with Crippen LogP contribution in [0.2, 0.25) is 0 Å². The monoisotopic (exact) mass is 510 g/mol. The molecule has 1 aromatic rings. The molecule has 0 heterocycles. The molecule has 9 heteroatoms. The molecule has 1 aliphatic rings. The highest BCUT2D eigenvalue weighted by atomic mass is 127. The fraction of sp³-hybridized carbons (Fsp3) is 0.611. The Morgan fingerprint density at radius 3 is 2.63 bits per heavy atom. The summed E-state index contributed by atoms with van der Waals surface area (Å²) in [6.45, 7) is 4.79. The van der Waals surface area contributed by atoms with Gasteiger partial charge in [0.1, 0.15) is 0 Å². The van der Waals surface area contributed by atoms with Gasteiger partial charge < -0.3 is 15.4 Å². The van der Waals surface area contributed by atoms with Crippen molar-refractivity contribution in [2.45, 2.75) is 44.0 Å². The first-order chi connectivity index (χ1) is 12.4. The zero-order valence-corrected chi connectivity index (χ0v) is 19.2. The Labute approximate surface area is 179 Å². The number of primary sulfonamides is 1. The molecular weight excluding hydrogens is 479 g/mol. The predicted octanol–water partition coefficient (Wildman–Crippen LogP) is 2.21. The fourth-order valence-electron chi connectivity index (χ4n) is 3.11. The molecule has 0 spiro atoms. The Hall–Kier alpha value is -0.910. The molecule has 0 aliphatic heterocycles. The molecule has 0 unspecified atom stereocenters. The van der Waals surface area contributed by atoms with E-state index in [1.807, 2.05) is 13.0 Å². The van der Waals surface area contributed by atoms with Crippen molar-refractivity contribution in [3.8, 4) is 0 Å². The number of rotatable bonds is 9. The number of ether oxygens (including phenoxy) is 1. The maximum absolute atomic E-state index is 11.5. The van der Waals surface area contributed by atoms with E-state index in [-0.39, 0.29) is 28.9 Å². The number of halogens is 1. The average molecular weight is 510 g/mol. The highest BCUT2D eigenvalue weighted by Crippen LogP contribution is 2.43. The summed E-state index contributed by atoms with van der Waals surface area (Å²) >= 11 is 0. The third kappa shape index (κ3) is 7.55. The highest BCUT2D eigenvalue weighted by Gasteiger charge is 2.36. The van der Waals surface area contributed by atoms with E-state index in [9.17, 15) is 8.42 Å². The maximum atomic E-state index is 11.5. The van der Waals surface area contributed by atoms with E-state index in [1.165, 1.54) is 25.3 Å². The summed E-state index contributed by atoms with van der Waals surface area (Å²) in [5.74, 6) is 0.734. The summed E-state index contributed by atoms with van der Waals surface area (Å²) in [4.78, 5) is 4.68. The van der Waals surface area contributed by atoms with Crippen molar-refractivity contribution in [1.82, 2.24) is 10.6 Å². The Bertz CT molecular complexity index is 721. The number of benzene rings is 1. The van der Waals surface area contributed by atoms with Crippen LogP contribution in [0.1, 0.15) is 38.2 Å². The lowest BCUT2D eigenvalue weighted by molar-refractivity contribution is 0.0732. The Morgan fingerprint density at radius 1 is 1.33 bits per heavy atom. The van der Waals surface area contributed by atoms with Gasteiger partial charge in [0.15, 0.2) is 5.96 Å². The zero-order chi connectivity index (χ0) is 19.0. The molecule has 0 amide bonds. The van der Waals surface area contributed by atoms with Gasteiger partial charge in [-0.1, -0.05) is 18.6 Å². The van der Waals surface area contributed by atoms with Gasteiger partial charge in [-0.25, -0.2) is 18.5 Å². The first-order valence-corrected chi connectivity index (χ1v) is 10.6. The molecule has 1 fully saturated rings. The SMILES string of the molecule is CCNC(=NCc1cccc(S(N)(=O)=O)c1)NCC1(CCOC)CCC1.I. The molecule has 4 N–H and O–H groups in total. The van der Waals surface area contributed by atoms with Crippen molar-refractivity contribution >= 4 is 40.0 Å². The second-order valence-corrected chi connectivity index (χ2v) is 8.40. The van der Waals surface area contributed by atoms with Gasteiger partial charge in [0.05, 0.1) is 11.4 Å². The van der Waals surface area contributed by atoms with Crippen molar-refractivity contribution < 1.29 is 13.2 Å². The van der Waals surface area contributed by atoms with Gasteiger partial charge >= 0.3 is 0 Å². The number of nitrogens with two attached hydrogens (primary N) is 1. The molecule has 1 saturated carbocycles. The second-order valence-electron chi connectivity index (χ2n) is 6.84. The number of sulfonamides is 1. The molecule has 1 aliphatic carbocycles. The third-order valence-electron chi connectivity index (χ3n) is 4.87. The number of hydrogen-bond donors (Lipinski definition) is 3. The summed E-state index contributed by atoms with van der Waals surface area (Å²) in [7, 11) is -1.96. The number of methoxy groups -OCH3 is 1. The fourth-order valence-corrected chi connectivity index (χ4v) is 3.70. The molecule has 0 radical (unpaired) electrons. The van der Waals surface area contributed by atoms with Crippen molar-refractivity contribution in [3.05, 3.63) is 29.8 Å². The van der Waals surface area contributed by atoms with Gasteiger partial charge in [-0.05, 0) is 49.3 Å². The summed E-state index contributed by atoms with van der Waals surface area (Å²) in [5.41, 5.74) is 1.09. The topological polar surface area (TPSA) is 106 Å². The highest BCUT2D eigenvalue weighted by molar-refractivity contribution is 14.0. The van der Waals surface area contributed by atoms with Gasteiger partial charge in [-0.2, -0.15) is 0 Å². The minimum Gasteiger partial charge on any atom is -0.385 e. The first-order valence-electron chi connectivity index (χ1n) is 9.01. The van der Waals surface area contributed by atoms with Crippen LogP contribution in [0, 0.1) is 5.41 Å². The summed E-state index contributed by atoms with van der Waals surface area (Å²) in [5, 5.41) is 11.9. The molecule has 27 heavy (non-hydrogen) atoms. The van der Waals surface area contributed by atoms with Crippen LogP contribution in [-0.4, -0.2) is 41.2 Å². The molecule has 154 valence electrons. The minimum absolute atomic E-state index is 0. The molecule has 2 rings (SSSR count).